The Hall–Kier alpha value is 0.194. The first-order valence-corrected chi connectivity index (χ1v) is 6.29. The first kappa shape index (κ1) is 14.3. The third-order valence-electron chi connectivity index (χ3n) is 4.97. The van der Waals surface area contributed by atoms with Crippen molar-refractivity contribution >= 4 is 0 Å². The molecule has 0 aromatic rings. The molecule has 0 radical (unpaired) electrons. The van der Waals surface area contributed by atoms with Crippen molar-refractivity contribution in [3.8, 4) is 0 Å². The molecular weight excluding hydrogens is 228 g/mol. The molecule has 0 fully saturated rings. The van der Waals surface area contributed by atoms with Crippen LogP contribution in [0.5, 0.6) is 0 Å². The molecule has 2 aliphatic rings. The summed E-state index contributed by atoms with van der Waals surface area (Å²) in [5, 5.41) is 0. The zero-order chi connectivity index (χ0) is 11.3. The molecule has 0 nitrogen and oxygen atoms in total. The molecule has 2 aliphatic carbocycles. The fraction of sp³-hybridized carbons (Fsp3) is 0.733. The van der Waals surface area contributed by atoms with E-state index in [4.69, 9.17) is 0 Å². The van der Waals surface area contributed by atoms with E-state index < -0.39 is 0 Å². The Labute approximate surface area is 115 Å². The maximum atomic E-state index is 3.60. The van der Waals surface area contributed by atoms with Crippen LogP contribution in [0.25, 0.3) is 0 Å². The van der Waals surface area contributed by atoms with E-state index >= 15 is 0 Å². The average Bonchev–Trinajstić information content (AvgIpc) is 2.47. The first-order chi connectivity index (χ1) is 6.95. The molecule has 0 aromatic heterocycles. The van der Waals surface area contributed by atoms with Crippen molar-refractivity contribution in [1.29, 1.82) is 0 Å². The fourth-order valence-corrected chi connectivity index (χ4v) is 3.63. The number of rotatable bonds is 0. The molecule has 16 heavy (non-hydrogen) atoms. The van der Waals surface area contributed by atoms with Crippen molar-refractivity contribution in [3.63, 3.8) is 0 Å². The van der Waals surface area contributed by atoms with Crippen LogP contribution in [-0.2, 0) is 21.7 Å². The molecule has 0 aliphatic heterocycles. The summed E-state index contributed by atoms with van der Waals surface area (Å²) in [7, 11) is 0. The van der Waals surface area contributed by atoms with Gasteiger partial charge < -0.3 is 0 Å². The van der Waals surface area contributed by atoms with Gasteiger partial charge in [0.1, 0.15) is 0 Å². The Morgan fingerprint density at radius 2 is 1.38 bits per heavy atom. The zero-order valence-corrected chi connectivity index (χ0v) is 12.9. The third-order valence-corrected chi connectivity index (χ3v) is 4.97. The van der Waals surface area contributed by atoms with Gasteiger partial charge in [-0.2, -0.15) is 11.1 Å². The van der Waals surface area contributed by atoms with E-state index in [1.54, 1.807) is 11.1 Å². The second kappa shape index (κ2) is 4.82. The minimum atomic E-state index is 0. The Morgan fingerprint density at radius 3 is 1.94 bits per heavy atom. The summed E-state index contributed by atoms with van der Waals surface area (Å²) in [5.41, 5.74) is 4.75. The summed E-state index contributed by atoms with van der Waals surface area (Å²) in [6.07, 6.45) is 3.60. The van der Waals surface area contributed by atoms with Gasteiger partial charge in [-0.1, -0.05) is 53.4 Å². The summed E-state index contributed by atoms with van der Waals surface area (Å²) >= 11 is 0. The maximum Gasteiger partial charge on any atom is 0 e. The Morgan fingerprint density at radius 1 is 0.875 bits per heavy atom. The van der Waals surface area contributed by atoms with Crippen LogP contribution in [0, 0.1) is 35.7 Å². The van der Waals surface area contributed by atoms with Gasteiger partial charge in [0.2, 0.25) is 0 Å². The van der Waals surface area contributed by atoms with Crippen LogP contribution < -0.4 is 0 Å². The summed E-state index contributed by atoms with van der Waals surface area (Å²) in [6, 6.07) is 0. The van der Waals surface area contributed by atoms with E-state index in [1.165, 1.54) is 5.57 Å². The standard InChI is InChI=1S/C15H23.Ti/c1-8-7-9(2)15-13(6)11(4)10(3)12(5)14(8)15;/h8,10-13H,1-6H3;/q-1;. The Kier molecular flexibility index (Phi) is 4.30. The summed E-state index contributed by atoms with van der Waals surface area (Å²) < 4.78 is 0. The normalized spacial score (nSPS) is 42.6. The van der Waals surface area contributed by atoms with Gasteiger partial charge in [-0.15, -0.1) is 0 Å². The Bertz CT molecular complexity index is 337. The molecule has 5 unspecified atom stereocenters. The number of hydrogen-bond donors (Lipinski definition) is 0. The molecular formula is C15H23Ti-. The van der Waals surface area contributed by atoms with Crippen LogP contribution in [-0.4, -0.2) is 0 Å². The molecule has 0 aromatic carbocycles. The van der Waals surface area contributed by atoms with E-state index in [0.29, 0.717) is 5.92 Å². The molecule has 0 bridgehead atoms. The molecule has 88 valence electrons. The molecule has 2 rings (SSSR count). The average molecular weight is 251 g/mol. The van der Waals surface area contributed by atoms with Crippen molar-refractivity contribution < 1.29 is 21.7 Å². The topological polar surface area (TPSA) is 0 Å². The van der Waals surface area contributed by atoms with Crippen LogP contribution in [0.2, 0.25) is 0 Å². The molecule has 1 heteroatoms. The predicted octanol–water partition coefficient (Wildman–Crippen LogP) is 4.24. The zero-order valence-electron chi connectivity index (χ0n) is 11.4. The van der Waals surface area contributed by atoms with E-state index in [1.807, 2.05) is 0 Å². The fourth-order valence-electron chi connectivity index (χ4n) is 3.63. The Balaban J connectivity index is 0.00000128. The van der Waals surface area contributed by atoms with Gasteiger partial charge in [-0.3, -0.25) is 6.08 Å². The minimum absolute atomic E-state index is 0. The van der Waals surface area contributed by atoms with Crippen LogP contribution in [0.4, 0.5) is 0 Å². The number of hydrogen-bond acceptors (Lipinski definition) is 0. The van der Waals surface area contributed by atoms with Crippen molar-refractivity contribution in [3.05, 3.63) is 22.8 Å². The van der Waals surface area contributed by atoms with Gasteiger partial charge >= 0.3 is 0 Å². The van der Waals surface area contributed by atoms with Crippen molar-refractivity contribution in [2.24, 2.45) is 29.6 Å². The van der Waals surface area contributed by atoms with Crippen LogP contribution in [0.15, 0.2) is 16.7 Å². The molecule has 0 saturated heterocycles. The maximum absolute atomic E-state index is 3.60. The largest absolute Gasteiger partial charge is 0.266 e. The van der Waals surface area contributed by atoms with E-state index in [-0.39, 0.29) is 21.7 Å². The van der Waals surface area contributed by atoms with Gasteiger partial charge in [0.05, 0.1) is 0 Å². The minimum Gasteiger partial charge on any atom is -0.266 e. The third kappa shape index (κ3) is 1.89. The first-order valence-electron chi connectivity index (χ1n) is 6.29. The van der Waals surface area contributed by atoms with E-state index in [9.17, 15) is 0 Å². The van der Waals surface area contributed by atoms with Crippen molar-refractivity contribution in [1.82, 2.24) is 0 Å². The summed E-state index contributed by atoms with van der Waals surface area (Å²) in [6.45, 7) is 14.2. The van der Waals surface area contributed by atoms with Gasteiger partial charge in [0.25, 0.3) is 0 Å². The molecule has 0 saturated carbocycles. The SMILES string of the molecule is CC1=[C-]C(C)C2=C1C(C)C(C)C(C)C2C.[Ti]. The van der Waals surface area contributed by atoms with Crippen LogP contribution in [0.3, 0.4) is 0 Å². The smallest absolute Gasteiger partial charge is 0 e. The van der Waals surface area contributed by atoms with Gasteiger partial charge in [0.15, 0.2) is 0 Å². The van der Waals surface area contributed by atoms with Crippen LogP contribution in [0.1, 0.15) is 41.5 Å². The van der Waals surface area contributed by atoms with Crippen molar-refractivity contribution in [2.75, 3.05) is 0 Å². The quantitative estimate of drug-likeness (QED) is 0.446. The molecule has 0 heterocycles. The summed E-state index contributed by atoms with van der Waals surface area (Å²) in [4.78, 5) is 0. The monoisotopic (exact) mass is 251 g/mol. The number of allylic oxidation sites excluding steroid dienone is 4. The van der Waals surface area contributed by atoms with Crippen LogP contribution >= 0.6 is 0 Å². The van der Waals surface area contributed by atoms with Gasteiger partial charge in [0, 0.05) is 21.7 Å². The van der Waals surface area contributed by atoms with Crippen molar-refractivity contribution in [2.45, 2.75) is 41.5 Å². The summed E-state index contributed by atoms with van der Waals surface area (Å²) in [5.74, 6) is 3.65. The van der Waals surface area contributed by atoms with E-state index in [0.717, 1.165) is 23.7 Å². The second-order valence-electron chi connectivity index (χ2n) is 5.66. The predicted molar refractivity (Wildman–Crippen MR) is 65.3 cm³/mol. The molecule has 5 atom stereocenters. The molecule has 0 spiro atoms. The van der Waals surface area contributed by atoms with E-state index in [2.05, 4.69) is 47.6 Å². The van der Waals surface area contributed by atoms with Gasteiger partial charge in [-0.25, -0.2) is 5.57 Å². The molecule has 0 N–H and O–H groups in total. The van der Waals surface area contributed by atoms with Gasteiger partial charge in [-0.05, 0) is 17.8 Å². The molecule has 0 amide bonds. The second-order valence-corrected chi connectivity index (χ2v) is 5.66.